The van der Waals surface area contributed by atoms with Crippen LogP contribution >= 0.6 is 34.8 Å². The average molecular weight is 525 g/mol. The first kappa shape index (κ1) is 31.1. The second-order valence-electron chi connectivity index (χ2n) is 6.62. The molecule has 0 saturated carbocycles. The molecular weight excluding hydrogens is 495 g/mol. The van der Waals surface area contributed by atoms with Gasteiger partial charge in [0.05, 0.1) is 10.0 Å². The Bertz CT molecular complexity index is 871. The summed E-state index contributed by atoms with van der Waals surface area (Å²) in [5, 5.41) is 5.24. The molecule has 2 rings (SSSR count). The summed E-state index contributed by atoms with van der Waals surface area (Å²) in [5.74, 6) is -1.50. The van der Waals surface area contributed by atoms with Crippen LogP contribution in [-0.4, -0.2) is 24.2 Å². The fraction of sp³-hybridized carbons (Fsp3) is 0.391. The largest absolute Gasteiger partial charge is 0.352 e. The van der Waals surface area contributed by atoms with E-state index in [4.69, 9.17) is 40.5 Å². The highest BCUT2D eigenvalue weighted by molar-refractivity contribution is 6.31. The first-order valence-corrected chi connectivity index (χ1v) is 11.7. The van der Waals surface area contributed by atoms with E-state index in [0.717, 1.165) is 19.4 Å². The van der Waals surface area contributed by atoms with E-state index in [2.05, 4.69) is 10.6 Å². The maximum atomic E-state index is 13.4. The van der Waals surface area contributed by atoms with Crippen molar-refractivity contribution in [3.8, 4) is 0 Å². The quantitative estimate of drug-likeness (QED) is 0.394. The van der Waals surface area contributed by atoms with Gasteiger partial charge < -0.3 is 16.4 Å². The number of alkyl halides is 1. The van der Waals surface area contributed by atoms with E-state index in [1.807, 2.05) is 13.8 Å². The predicted octanol–water partition coefficient (Wildman–Crippen LogP) is 5.58. The number of unbranched alkanes of at least 4 members (excludes halogenated alkanes) is 1. The number of hydrogen-bond acceptors (Lipinski definition) is 3. The Morgan fingerprint density at radius 3 is 1.70 bits per heavy atom. The molecule has 184 valence electrons. The Hall–Kier alpha value is -1.93. The number of amides is 2. The number of benzene rings is 2. The Morgan fingerprint density at radius 1 is 0.879 bits per heavy atom. The molecule has 0 fully saturated rings. The molecular formula is C23H30Cl3F2N3O2. The summed E-state index contributed by atoms with van der Waals surface area (Å²) < 4.78 is 26.7. The number of carbonyl (C=O) groups excluding carboxylic acids is 2. The van der Waals surface area contributed by atoms with Crippen molar-refractivity contribution in [1.29, 1.82) is 0 Å². The van der Waals surface area contributed by atoms with Crippen LogP contribution in [0.5, 0.6) is 0 Å². The van der Waals surface area contributed by atoms with E-state index in [9.17, 15) is 18.4 Å². The first-order chi connectivity index (χ1) is 15.7. The number of rotatable bonds is 8. The average Bonchev–Trinajstić information content (AvgIpc) is 2.80. The van der Waals surface area contributed by atoms with Crippen molar-refractivity contribution in [2.45, 2.75) is 46.2 Å². The molecule has 2 amide bonds. The monoisotopic (exact) mass is 523 g/mol. The molecule has 0 spiro atoms. The Balaban J connectivity index is 0.000000558. The standard InChI is InChI=1S/C12H15ClFNO.C9H8Cl2FNO.C2H7N/c1-2-3-7-11(16)15-8-9-5-4-6-10(13)12(9)14;10-4-8(14)13-5-6-2-1-3-7(11)9(6)12;1-2-3/h4-6H,2-3,7-8H2,1H3,(H,15,16);1-3H,4-5H2,(H,13,14);2-3H2,1H3. The Morgan fingerprint density at radius 2 is 1.30 bits per heavy atom. The van der Waals surface area contributed by atoms with Crippen molar-refractivity contribution in [1.82, 2.24) is 10.6 Å². The number of carbonyl (C=O) groups is 2. The molecule has 0 aliphatic carbocycles. The van der Waals surface area contributed by atoms with Gasteiger partial charge in [0.1, 0.15) is 17.5 Å². The molecule has 0 bridgehead atoms. The minimum atomic E-state index is -0.510. The van der Waals surface area contributed by atoms with E-state index in [-0.39, 0.29) is 40.8 Å². The maximum Gasteiger partial charge on any atom is 0.235 e. The van der Waals surface area contributed by atoms with Gasteiger partial charge >= 0.3 is 0 Å². The third-order valence-corrected chi connectivity index (χ3v) is 4.72. The van der Waals surface area contributed by atoms with E-state index in [1.54, 1.807) is 24.3 Å². The summed E-state index contributed by atoms with van der Waals surface area (Å²) in [4.78, 5) is 22.1. The summed E-state index contributed by atoms with van der Waals surface area (Å²) in [6, 6.07) is 9.38. The van der Waals surface area contributed by atoms with E-state index in [0.29, 0.717) is 17.5 Å². The van der Waals surface area contributed by atoms with E-state index < -0.39 is 11.6 Å². The third-order valence-electron chi connectivity index (χ3n) is 3.89. The van der Waals surface area contributed by atoms with Crippen LogP contribution in [0.4, 0.5) is 8.78 Å². The number of nitrogens with one attached hydrogen (secondary N) is 2. The van der Waals surface area contributed by atoms with Crippen LogP contribution in [0.25, 0.3) is 0 Å². The van der Waals surface area contributed by atoms with Crippen LogP contribution in [0, 0.1) is 11.6 Å². The predicted molar refractivity (Wildman–Crippen MR) is 131 cm³/mol. The zero-order valence-corrected chi connectivity index (χ0v) is 21.0. The van der Waals surface area contributed by atoms with Crippen LogP contribution in [-0.2, 0) is 22.7 Å². The number of hydrogen-bond donors (Lipinski definition) is 3. The van der Waals surface area contributed by atoms with Crippen molar-refractivity contribution in [3.05, 3.63) is 69.2 Å². The highest BCUT2D eigenvalue weighted by Gasteiger charge is 2.08. The Labute approximate surface area is 209 Å². The summed E-state index contributed by atoms with van der Waals surface area (Å²) in [7, 11) is 0. The van der Waals surface area contributed by atoms with Crippen LogP contribution in [0.3, 0.4) is 0 Å². The van der Waals surface area contributed by atoms with E-state index in [1.165, 1.54) is 12.1 Å². The molecule has 2 aromatic rings. The summed E-state index contributed by atoms with van der Waals surface area (Å²) in [6.07, 6.45) is 2.31. The smallest absolute Gasteiger partial charge is 0.235 e. The van der Waals surface area contributed by atoms with Gasteiger partial charge in [-0.1, -0.05) is 67.7 Å². The lowest BCUT2D eigenvalue weighted by molar-refractivity contribution is -0.121. The highest BCUT2D eigenvalue weighted by Crippen LogP contribution is 2.18. The molecule has 0 radical (unpaired) electrons. The third kappa shape index (κ3) is 13.4. The summed E-state index contributed by atoms with van der Waals surface area (Å²) in [6.45, 7) is 4.96. The van der Waals surface area contributed by atoms with Crippen molar-refractivity contribution in [3.63, 3.8) is 0 Å². The van der Waals surface area contributed by atoms with Crippen LogP contribution in [0.2, 0.25) is 10.0 Å². The normalized spacial score (nSPS) is 9.70. The van der Waals surface area contributed by atoms with Crippen molar-refractivity contribution < 1.29 is 18.4 Å². The van der Waals surface area contributed by atoms with Gasteiger partial charge in [0, 0.05) is 30.6 Å². The fourth-order valence-electron chi connectivity index (χ4n) is 2.23. The van der Waals surface area contributed by atoms with Gasteiger partial charge in [0.2, 0.25) is 11.8 Å². The zero-order chi connectivity index (χ0) is 25.2. The molecule has 10 heteroatoms. The molecule has 33 heavy (non-hydrogen) atoms. The lowest BCUT2D eigenvalue weighted by Gasteiger charge is -2.06. The van der Waals surface area contributed by atoms with Gasteiger partial charge in [-0.05, 0) is 25.1 Å². The molecule has 0 saturated heterocycles. The van der Waals surface area contributed by atoms with E-state index >= 15 is 0 Å². The molecule has 0 unspecified atom stereocenters. The summed E-state index contributed by atoms with van der Waals surface area (Å²) in [5.41, 5.74) is 5.60. The maximum absolute atomic E-state index is 13.4. The SMILES string of the molecule is CCCCC(=O)NCc1cccc(Cl)c1F.CCN.O=C(CCl)NCc1cccc(Cl)c1F. The van der Waals surface area contributed by atoms with Crippen molar-refractivity contribution in [2.24, 2.45) is 5.73 Å². The van der Waals surface area contributed by atoms with Gasteiger partial charge in [0.15, 0.2) is 0 Å². The van der Waals surface area contributed by atoms with Gasteiger partial charge in [-0.25, -0.2) is 8.78 Å². The van der Waals surface area contributed by atoms with Crippen LogP contribution in [0.15, 0.2) is 36.4 Å². The number of nitrogens with two attached hydrogens (primary N) is 1. The second-order valence-corrected chi connectivity index (χ2v) is 7.71. The fourth-order valence-corrected chi connectivity index (χ4v) is 2.71. The van der Waals surface area contributed by atoms with Gasteiger partial charge in [-0.3, -0.25) is 9.59 Å². The molecule has 0 heterocycles. The second kappa shape index (κ2) is 18.5. The minimum absolute atomic E-state index is 0.0441. The molecule has 0 aliphatic rings. The zero-order valence-electron chi connectivity index (χ0n) is 18.7. The lowest BCUT2D eigenvalue weighted by atomic mass is 10.2. The molecule has 0 aromatic heterocycles. The van der Waals surface area contributed by atoms with Gasteiger partial charge in [-0.2, -0.15) is 0 Å². The van der Waals surface area contributed by atoms with Crippen molar-refractivity contribution in [2.75, 3.05) is 12.4 Å². The van der Waals surface area contributed by atoms with Gasteiger partial charge in [-0.15, -0.1) is 11.6 Å². The minimum Gasteiger partial charge on any atom is -0.352 e. The summed E-state index contributed by atoms with van der Waals surface area (Å²) >= 11 is 16.4. The topological polar surface area (TPSA) is 84.2 Å². The molecule has 0 atom stereocenters. The first-order valence-electron chi connectivity index (χ1n) is 10.4. The lowest BCUT2D eigenvalue weighted by Crippen LogP contribution is -2.24. The number of halogens is 5. The van der Waals surface area contributed by atoms with Crippen molar-refractivity contribution >= 4 is 46.6 Å². The Kier molecular flexibility index (Phi) is 17.4. The molecule has 4 N–H and O–H groups in total. The molecule has 5 nitrogen and oxygen atoms in total. The van der Waals surface area contributed by atoms with Crippen LogP contribution < -0.4 is 16.4 Å². The van der Waals surface area contributed by atoms with Gasteiger partial charge in [0.25, 0.3) is 0 Å². The highest BCUT2D eigenvalue weighted by atomic mass is 35.5. The molecule has 2 aromatic carbocycles. The molecule has 0 aliphatic heterocycles. The van der Waals surface area contributed by atoms with Crippen LogP contribution in [0.1, 0.15) is 44.2 Å².